The van der Waals surface area contributed by atoms with Crippen LogP contribution in [0.15, 0.2) is 18.3 Å². The minimum Gasteiger partial charge on any atom is -0.327 e. The number of likely N-dealkylation sites (tertiary alicyclic amines) is 2. The van der Waals surface area contributed by atoms with Crippen molar-refractivity contribution in [2.24, 2.45) is 0 Å². The van der Waals surface area contributed by atoms with Crippen LogP contribution in [-0.2, 0) is 6.54 Å². The zero-order valence-corrected chi connectivity index (χ0v) is 13.2. The second kappa shape index (κ2) is 5.27. The van der Waals surface area contributed by atoms with E-state index in [-0.39, 0.29) is 0 Å². The molecule has 0 N–H and O–H groups in total. The Balaban J connectivity index is 1.70. The lowest BCUT2D eigenvalue weighted by Crippen LogP contribution is -2.44. The van der Waals surface area contributed by atoms with E-state index in [4.69, 9.17) is 11.6 Å². The molecular weight excluding hydrogens is 284 g/mol. The third kappa shape index (κ3) is 2.45. The Morgan fingerprint density at radius 3 is 2.76 bits per heavy atom. The lowest BCUT2D eigenvalue weighted by atomic mass is 10.1. The predicted octanol–water partition coefficient (Wildman–Crippen LogP) is 2.77. The summed E-state index contributed by atoms with van der Waals surface area (Å²) >= 11 is 6.28. The van der Waals surface area contributed by atoms with Crippen LogP contribution in [0.1, 0.15) is 24.4 Å². The molecule has 0 aromatic carbocycles. The van der Waals surface area contributed by atoms with Crippen molar-refractivity contribution in [2.45, 2.75) is 25.4 Å². The van der Waals surface area contributed by atoms with Gasteiger partial charge in [-0.2, -0.15) is 0 Å². The summed E-state index contributed by atoms with van der Waals surface area (Å²) in [4.78, 5) is 9.43. The van der Waals surface area contributed by atoms with Gasteiger partial charge in [0.2, 0.25) is 0 Å². The Bertz CT molecular complexity index is 654. The van der Waals surface area contributed by atoms with Gasteiger partial charge in [0.05, 0.1) is 6.04 Å². The lowest BCUT2D eigenvalue weighted by molar-refractivity contribution is 0.143. The highest BCUT2D eigenvalue weighted by Gasteiger charge is 2.26. The molecule has 112 valence electrons. The van der Waals surface area contributed by atoms with Crippen LogP contribution in [0.5, 0.6) is 0 Å². The average Bonchev–Trinajstić information content (AvgIpc) is 3.04. The number of hydrogen-bond donors (Lipinski definition) is 0. The van der Waals surface area contributed by atoms with Gasteiger partial charge >= 0.3 is 0 Å². The first kappa shape index (κ1) is 13.6. The van der Waals surface area contributed by atoms with Crippen LogP contribution in [0.4, 0.5) is 0 Å². The van der Waals surface area contributed by atoms with E-state index in [9.17, 15) is 0 Å². The molecule has 0 aliphatic carbocycles. The number of rotatable bonds is 3. The molecule has 2 aliphatic rings. The second-order valence-corrected chi connectivity index (χ2v) is 6.81. The van der Waals surface area contributed by atoms with Crippen molar-refractivity contribution in [1.29, 1.82) is 0 Å². The molecule has 5 heteroatoms. The fraction of sp³-hybridized carbons (Fsp3) is 0.562. The molecule has 0 atom stereocenters. The monoisotopic (exact) mass is 304 g/mol. The second-order valence-electron chi connectivity index (χ2n) is 6.42. The van der Waals surface area contributed by atoms with E-state index in [1.165, 1.54) is 36.9 Å². The van der Waals surface area contributed by atoms with Gasteiger partial charge in [0.1, 0.15) is 10.8 Å². The molecular formula is C16H21ClN4. The molecule has 0 spiro atoms. The SMILES string of the molecule is CN1CC(n2ccc3c(CN4CCCC4)cc(Cl)nc32)C1. The van der Waals surface area contributed by atoms with Crippen molar-refractivity contribution in [1.82, 2.24) is 19.4 Å². The minimum absolute atomic E-state index is 0.540. The highest BCUT2D eigenvalue weighted by atomic mass is 35.5. The van der Waals surface area contributed by atoms with Gasteiger partial charge in [0, 0.05) is 31.2 Å². The summed E-state index contributed by atoms with van der Waals surface area (Å²) < 4.78 is 2.30. The van der Waals surface area contributed by atoms with Crippen LogP contribution in [0.3, 0.4) is 0 Å². The van der Waals surface area contributed by atoms with Crippen molar-refractivity contribution in [3.05, 3.63) is 29.0 Å². The minimum atomic E-state index is 0.540. The van der Waals surface area contributed by atoms with Crippen LogP contribution in [0, 0.1) is 0 Å². The summed E-state index contributed by atoms with van der Waals surface area (Å²) in [6.45, 7) is 5.59. The van der Waals surface area contributed by atoms with Crippen molar-refractivity contribution < 1.29 is 0 Å². The van der Waals surface area contributed by atoms with Crippen LogP contribution in [0.25, 0.3) is 11.0 Å². The summed E-state index contributed by atoms with van der Waals surface area (Å²) in [5.74, 6) is 0. The topological polar surface area (TPSA) is 24.3 Å². The number of nitrogens with zero attached hydrogens (tertiary/aromatic N) is 4. The average molecular weight is 305 g/mol. The summed E-state index contributed by atoms with van der Waals surface area (Å²) in [7, 11) is 2.15. The fourth-order valence-corrected chi connectivity index (χ4v) is 3.82. The Hall–Kier alpha value is -1.10. The zero-order valence-electron chi connectivity index (χ0n) is 12.4. The molecule has 0 unspecified atom stereocenters. The number of likely N-dealkylation sites (N-methyl/N-ethyl adjacent to an activating group) is 1. The third-order valence-corrected chi connectivity index (χ3v) is 4.96. The van der Waals surface area contributed by atoms with Crippen LogP contribution < -0.4 is 0 Å². The first-order valence-electron chi connectivity index (χ1n) is 7.77. The molecule has 2 saturated heterocycles. The Kier molecular flexibility index (Phi) is 3.40. The van der Waals surface area contributed by atoms with Crippen LogP contribution in [-0.4, -0.2) is 52.6 Å². The third-order valence-electron chi connectivity index (χ3n) is 4.77. The Morgan fingerprint density at radius 1 is 1.29 bits per heavy atom. The summed E-state index contributed by atoms with van der Waals surface area (Å²) in [5, 5.41) is 1.88. The number of fused-ring (bicyclic) bond motifs is 1. The Morgan fingerprint density at radius 2 is 2.05 bits per heavy atom. The number of pyridine rings is 1. The van der Waals surface area contributed by atoms with E-state index in [2.05, 4.69) is 38.7 Å². The highest BCUT2D eigenvalue weighted by molar-refractivity contribution is 6.29. The Labute approximate surface area is 130 Å². The quantitative estimate of drug-likeness (QED) is 0.815. The van der Waals surface area contributed by atoms with E-state index in [0.717, 1.165) is 25.3 Å². The predicted molar refractivity (Wildman–Crippen MR) is 85.8 cm³/mol. The molecule has 4 rings (SSSR count). The maximum Gasteiger partial charge on any atom is 0.142 e. The molecule has 0 saturated carbocycles. The maximum atomic E-state index is 6.28. The summed E-state index contributed by atoms with van der Waals surface area (Å²) in [5.41, 5.74) is 2.37. The van der Waals surface area contributed by atoms with E-state index < -0.39 is 0 Å². The molecule has 4 heterocycles. The maximum absolute atomic E-state index is 6.28. The van der Waals surface area contributed by atoms with Crippen molar-refractivity contribution in [3.8, 4) is 0 Å². The van der Waals surface area contributed by atoms with E-state index >= 15 is 0 Å². The van der Waals surface area contributed by atoms with Gasteiger partial charge < -0.3 is 9.47 Å². The smallest absolute Gasteiger partial charge is 0.142 e. The molecule has 2 aliphatic heterocycles. The molecule has 0 radical (unpaired) electrons. The number of aromatic nitrogens is 2. The first-order valence-corrected chi connectivity index (χ1v) is 8.15. The van der Waals surface area contributed by atoms with Crippen LogP contribution in [0.2, 0.25) is 5.15 Å². The van der Waals surface area contributed by atoms with Gasteiger partial charge in [-0.05, 0) is 50.7 Å². The molecule has 0 amide bonds. The highest BCUT2D eigenvalue weighted by Crippen LogP contribution is 2.29. The normalized spacial score (nSPS) is 21.2. The summed E-state index contributed by atoms with van der Waals surface area (Å²) in [6.07, 6.45) is 4.81. The van der Waals surface area contributed by atoms with E-state index in [1.807, 2.05) is 6.07 Å². The van der Waals surface area contributed by atoms with Gasteiger partial charge in [0.15, 0.2) is 0 Å². The van der Waals surface area contributed by atoms with Crippen molar-refractivity contribution in [2.75, 3.05) is 33.2 Å². The van der Waals surface area contributed by atoms with E-state index in [0.29, 0.717) is 11.2 Å². The van der Waals surface area contributed by atoms with Crippen molar-refractivity contribution in [3.63, 3.8) is 0 Å². The zero-order chi connectivity index (χ0) is 14.4. The lowest BCUT2D eigenvalue weighted by Gasteiger charge is -2.37. The van der Waals surface area contributed by atoms with Crippen molar-refractivity contribution >= 4 is 22.6 Å². The van der Waals surface area contributed by atoms with Gasteiger partial charge in [-0.1, -0.05) is 11.6 Å². The largest absolute Gasteiger partial charge is 0.327 e. The first-order chi connectivity index (χ1) is 10.2. The van der Waals surface area contributed by atoms with E-state index in [1.54, 1.807) is 0 Å². The molecule has 2 fully saturated rings. The van der Waals surface area contributed by atoms with Gasteiger partial charge in [0.25, 0.3) is 0 Å². The number of halogens is 1. The molecule has 2 aromatic rings. The van der Waals surface area contributed by atoms with Gasteiger partial charge in [-0.25, -0.2) is 4.98 Å². The fourth-order valence-electron chi connectivity index (χ4n) is 3.61. The standard InChI is InChI=1S/C16H21ClN4/c1-19-10-13(11-19)21-7-4-14-12(8-15(17)18-16(14)21)9-20-5-2-3-6-20/h4,7-8,13H,2-3,5-6,9-11H2,1H3. The summed E-state index contributed by atoms with van der Waals surface area (Å²) in [6, 6.07) is 4.79. The van der Waals surface area contributed by atoms with Crippen LogP contribution >= 0.6 is 11.6 Å². The molecule has 21 heavy (non-hydrogen) atoms. The number of hydrogen-bond acceptors (Lipinski definition) is 3. The van der Waals surface area contributed by atoms with Gasteiger partial charge in [-0.3, -0.25) is 4.90 Å². The molecule has 4 nitrogen and oxygen atoms in total. The molecule has 2 aromatic heterocycles. The van der Waals surface area contributed by atoms with Gasteiger partial charge in [-0.15, -0.1) is 0 Å². The molecule has 0 bridgehead atoms.